The molecule has 1 aromatic rings. The molecule has 1 saturated carbocycles. The van der Waals surface area contributed by atoms with Crippen LogP contribution >= 0.6 is 0 Å². The maximum absolute atomic E-state index is 13.6. The molecule has 3 aliphatic rings. The molecule has 0 unspecified atom stereocenters. The normalized spacial score (nSPS) is 24.2. The second kappa shape index (κ2) is 8.75. The molecule has 2 heterocycles. The molecule has 2 aliphatic heterocycles. The van der Waals surface area contributed by atoms with Crippen LogP contribution < -0.4 is 14.4 Å². The molecule has 1 saturated heterocycles. The fourth-order valence-corrected chi connectivity index (χ4v) is 6.70. The zero-order valence-electron chi connectivity index (χ0n) is 17.8. The van der Waals surface area contributed by atoms with Gasteiger partial charge >= 0.3 is 10.2 Å². The summed E-state index contributed by atoms with van der Waals surface area (Å²) in [6.07, 6.45) is 8.09. The lowest BCUT2D eigenvalue weighted by atomic mass is 9.68. The summed E-state index contributed by atoms with van der Waals surface area (Å²) >= 11 is 0. The van der Waals surface area contributed by atoms with E-state index in [2.05, 4.69) is 5.32 Å². The van der Waals surface area contributed by atoms with Crippen molar-refractivity contribution in [1.29, 1.82) is 0 Å². The van der Waals surface area contributed by atoms with Gasteiger partial charge in [0, 0.05) is 19.6 Å². The second-order valence-corrected chi connectivity index (χ2v) is 10.7. The summed E-state index contributed by atoms with van der Waals surface area (Å²) in [7, 11) is -3.73. The molecule has 1 aliphatic carbocycles. The Labute approximate surface area is 179 Å². The molecule has 30 heavy (non-hydrogen) atoms. The molecule has 7 nitrogen and oxygen atoms in total. The number of ether oxygens (including phenoxy) is 1. The van der Waals surface area contributed by atoms with Crippen LogP contribution in [-0.4, -0.2) is 50.9 Å². The van der Waals surface area contributed by atoms with Crippen molar-refractivity contribution in [2.24, 2.45) is 5.41 Å². The van der Waals surface area contributed by atoms with Gasteiger partial charge in [-0.05, 0) is 49.7 Å². The van der Waals surface area contributed by atoms with E-state index in [1.807, 2.05) is 6.92 Å². The predicted molar refractivity (Wildman–Crippen MR) is 117 cm³/mol. The van der Waals surface area contributed by atoms with Gasteiger partial charge in [0.15, 0.2) is 6.10 Å². The Bertz CT molecular complexity index is 857. The van der Waals surface area contributed by atoms with Crippen LogP contribution in [0.3, 0.4) is 0 Å². The number of amides is 1. The van der Waals surface area contributed by atoms with Crippen molar-refractivity contribution in [3.8, 4) is 5.75 Å². The molecule has 1 spiro atoms. The Morgan fingerprint density at radius 3 is 2.53 bits per heavy atom. The van der Waals surface area contributed by atoms with E-state index >= 15 is 0 Å². The average Bonchev–Trinajstić information content (AvgIpc) is 2.77. The van der Waals surface area contributed by atoms with E-state index in [1.165, 1.54) is 36.4 Å². The van der Waals surface area contributed by atoms with Gasteiger partial charge in [0.2, 0.25) is 0 Å². The lowest BCUT2D eigenvalue weighted by Gasteiger charge is -2.45. The van der Waals surface area contributed by atoms with E-state index < -0.39 is 16.3 Å². The lowest BCUT2D eigenvalue weighted by molar-refractivity contribution is -0.127. The second-order valence-electron chi connectivity index (χ2n) is 8.86. The molecule has 0 bridgehead atoms. The number of anilines is 1. The molecule has 2 fully saturated rings. The van der Waals surface area contributed by atoms with E-state index in [0.29, 0.717) is 36.5 Å². The van der Waals surface area contributed by atoms with Gasteiger partial charge in [-0.1, -0.05) is 38.3 Å². The summed E-state index contributed by atoms with van der Waals surface area (Å²) < 4.78 is 36.1. The standard InChI is InChI=1S/C22H33N3O4S/c1-2-14-23-21(26)20-17-25(18-8-4-5-9-19(18)29-20)30(27,28)24-15-12-22(13-16-24)10-6-3-7-11-22/h4-5,8-9,20H,2-3,6-7,10-17H2,1H3,(H,23,26)/t20-/m0/s1. The van der Waals surface area contributed by atoms with Crippen LogP contribution in [0.2, 0.25) is 0 Å². The summed E-state index contributed by atoms with van der Waals surface area (Å²) in [6, 6.07) is 7.07. The maximum atomic E-state index is 13.6. The number of benzene rings is 1. The van der Waals surface area contributed by atoms with E-state index in [0.717, 1.165) is 19.3 Å². The zero-order valence-corrected chi connectivity index (χ0v) is 18.6. The molecule has 0 aromatic heterocycles. The first kappa shape index (κ1) is 21.4. The smallest absolute Gasteiger partial charge is 0.304 e. The molecule has 166 valence electrons. The third kappa shape index (κ3) is 4.17. The number of nitrogens with one attached hydrogen (secondary N) is 1. The highest BCUT2D eigenvalue weighted by molar-refractivity contribution is 7.90. The molecule has 1 amide bonds. The Kier molecular flexibility index (Phi) is 6.25. The minimum atomic E-state index is -3.73. The van der Waals surface area contributed by atoms with Crippen LogP contribution in [0.1, 0.15) is 58.3 Å². The van der Waals surface area contributed by atoms with Crippen LogP contribution in [0.25, 0.3) is 0 Å². The quantitative estimate of drug-likeness (QED) is 0.771. The van der Waals surface area contributed by atoms with Crippen molar-refractivity contribution in [3.63, 3.8) is 0 Å². The first-order chi connectivity index (χ1) is 14.5. The average molecular weight is 436 g/mol. The molecule has 1 atom stereocenters. The number of hydrogen-bond donors (Lipinski definition) is 1. The topological polar surface area (TPSA) is 79.0 Å². The van der Waals surface area contributed by atoms with E-state index in [1.54, 1.807) is 28.6 Å². The Hall–Kier alpha value is -1.80. The van der Waals surface area contributed by atoms with Crippen molar-refractivity contribution < 1.29 is 17.9 Å². The molecule has 0 radical (unpaired) electrons. The lowest BCUT2D eigenvalue weighted by Crippen LogP contribution is -2.55. The fourth-order valence-electron chi connectivity index (χ4n) is 5.05. The summed E-state index contributed by atoms with van der Waals surface area (Å²) in [5, 5.41) is 2.82. The number of para-hydroxylation sites is 2. The first-order valence-corrected chi connectivity index (χ1v) is 12.7. The Balaban J connectivity index is 1.54. The van der Waals surface area contributed by atoms with Gasteiger partial charge < -0.3 is 10.1 Å². The number of rotatable bonds is 5. The Morgan fingerprint density at radius 2 is 1.83 bits per heavy atom. The number of hydrogen-bond acceptors (Lipinski definition) is 4. The van der Waals surface area contributed by atoms with Crippen molar-refractivity contribution in [2.75, 3.05) is 30.5 Å². The Morgan fingerprint density at radius 1 is 1.13 bits per heavy atom. The minimum absolute atomic E-state index is 0.00344. The van der Waals surface area contributed by atoms with E-state index in [9.17, 15) is 13.2 Å². The van der Waals surface area contributed by atoms with Gasteiger partial charge in [-0.15, -0.1) is 0 Å². The van der Waals surface area contributed by atoms with Crippen LogP contribution in [0.4, 0.5) is 5.69 Å². The highest BCUT2D eigenvalue weighted by Gasteiger charge is 2.43. The van der Waals surface area contributed by atoms with Gasteiger partial charge in [0.05, 0.1) is 12.2 Å². The number of fused-ring (bicyclic) bond motifs is 1. The first-order valence-electron chi connectivity index (χ1n) is 11.3. The van der Waals surface area contributed by atoms with Crippen LogP contribution in [0, 0.1) is 5.41 Å². The van der Waals surface area contributed by atoms with Crippen LogP contribution in [0.5, 0.6) is 5.75 Å². The van der Waals surface area contributed by atoms with Gasteiger partial charge in [-0.3, -0.25) is 4.79 Å². The number of carbonyl (C=O) groups is 1. The number of piperidine rings is 1. The predicted octanol–water partition coefficient (Wildman–Crippen LogP) is 3.07. The van der Waals surface area contributed by atoms with Gasteiger partial charge in [-0.2, -0.15) is 12.7 Å². The molecule has 1 aromatic carbocycles. The van der Waals surface area contributed by atoms with Crippen LogP contribution in [0.15, 0.2) is 24.3 Å². The monoisotopic (exact) mass is 435 g/mol. The van der Waals surface area contributed by atoms with Gasteiger partial charge in [-0.25, -0.2) is 4.31 Å². The van der Waals surface area contributed by atoms with E-state index in [4.69, 9.17) is 4.74 Å². The molecule has 8 heteroatoms. The number of nitrogens with zero attached hydrogens (tertiary/aromatic N) is 2. The van der Waals surface area contributed by atoms with Crippen LogP contribution in [-0.2, 0) is 15.0 Å². The summed E-state index contributed by atoms with van der Waals surface area (Å²) in [4.78, 5) is 12.5. The summed E-state index contributed by atoms with van der Waals surface area (Å²) in [6.45, 7) is 3.62. The third-order valence-electron chi connectivity index (χ3n) is 6.88. The van der Waals surface area contributed by atoms with Crippen molar-refractivity contribution in [1.82, 2.24) is 9.62 Å². The summed E-state index contributed by atoms with van der Waals surface area (Å²) in [5.41, 5.74) is 0.838. The highest BCUT2D eigenvalue weighted by Crippen LogP contribution is 2.45. The van der Waals surface area contributed by atoms with E-state index in [-0.39, 0.29) is 12.5 Å². The van der Waals surface area contributed by atoms with Crippen molar-refractivity contribution in [2.45, 2.75) is 64.4 Å². The molecule has 1 N–H and O–H groups in total. The largest absolute Gasteiger partial charge is 0.476 e. The zero-order chi connectivity index (χ0) is 21.2. The molecular weight excluding hydrogens is 402 g/mol. The maximum Gasteiger partial charge on any atom is 0.304 e. The molecule has 4 rings (SSSR count). The highest BCUT2D eigenvalue weighted by atomic mass is 32.2. The number of carbonyl (C=O) groups excluding carboxylic acids is 1. The van der Waals surface area contributed by atoms with Crippen molar-refractivity contribution >= 4 is 21.8 Å². The SMILES string of the molecule is CCCNC(=O)[C@@H]1CN(S(=O)(=O)N2CCC3(CCCCC3)CC2)c2ccccc2O1. The fraction of sp³-hybridized carbons (Fsp3) is 0.682. The van der Waals surface area contributed by atoms with Crippen molar-refractivity contribution in [3.05, 3.63) is 24.3 Å². The minimum Gasteiger partial charge on any atom is -0.476 e. The third-order valence-corrected chi connectivity index (χ3v) is 8.80. The summed E-state index contributed by atoms with van der Waals surface area (Å²) in [5.74, 6) is 0.163. The van der Waals surface area contributed by atoms with Gasteiger partial charge in [0.1, 0.15) is 5.75 Å². The van der Waals surface area contributed by atoms with Gasteiger partial charge in [0.25, 0.3) is 5.91 Å². The molecular formula is C22H33N3O4S.